The molecule has 4 nitrogen and oxygen atoms in total. The quantitative estimate of drug-likeness (QED) is 0.599. The summed E-state index contributed by atoms with van der Waals surface area (Å²) in [6.07, 6.45) is 6.62. The van der Waals surface area contributed by atoms with Crippen LogP contribution < -0.4 is 14.8 Å². The number of aliphatic hydroxyl groups is 1. The van der Waals surface area contributed by atoms with Crippen molar-refractivity contribution in [3.8, 4) is 11.5 Å². The number of hydrogen-bond donors (Lipinski definition) is 2. The lowest BCUT2D eigenvalue weighted by Gasteiger charge is -2.26. The molecular formula is C17H27NO3. The molecule has 0 amide bonds. The molecule has 2 N–H and O–H groups in total. The Bertz CT molecular complexity index is 397. The van der Waals surface area contributed by atoms with Gasteiger partial charge in [0.15, 0.2) is 0 Å². The fourth-order valence-electron chi connectivity index (χ4n) is 2.80. The van der Waals surface area contributed by atoms with E-state index in [9.17, 15) is 5.11 Å². The van der Waals surface area contributed by atoms with Gasteiger partial charge in [-0.05, 0) is 37.1 Å². The second kappa shape index (κ2) is 8.25. The normalized spacial score (nSPS) is 18.0. The molecule has 0 atom stereocenters. The zero-order valence-corrected chi connectivity index (χ0v) is 12.9. The van der Waals surface area contributed by atoms with Crippen molar-refractivity contribution in [1.29, 1.82) is 0 Å². The molecule has 0 aromatic heterocycles. The molecule has 1 aliphatic rings. The van der Waals surface area contributed by atoms with Crippen LogP contribution in [0.15, 0.2) is 24.3 Å². The van der Waals surface area contributed by atoms with Gasteiger partial charge in [0.05, 0.1) is 12.7 Å². The number of hydrogen-bond acceptors (Lipinski definition) is 4. The summed E-state index contributed by atoms with van der Waals surface area (Å²) in [6, 6.07) is 7.57. The van der Waals surface area contributed by atoms with Crippen molar-refractivity contribution in [1.82, 2.24) is 5.32 Å². The molecule has 1 aromatic carbocycles. The van der Waals surface area contributed by atoms with E-state index in [0.717, 1.165) is 43.7 Å². The summed E-state index contributed by atoms with van der Waals surface area (Å²) in [5.74, 6) is 1.67. The molecule has 0 aliphatic heterocycles. The van der Waals surface area contributed by atoms with Gasteiger partial charge in [-0.25, -0.2) is 0 Å². The van der Waals surface area contributed by atoms with E-state index in [4.69, 9.17) is 9.47 Å². The second-order valence-electron chi connectivity index (χ2n) is 5.84. The van der Waals surface area contributed by atoms with Crippen LogP contribution in [0.4, 0.5) is 0 Å². The second-order valence-corrected chi connectivity index (χ2v) is 5.84. The highest BCUT2D eigenvalue weighted by atomic mass is 16.5. The lowest BCUT2D eigenvalue weighted by atomic mass is 9.94. The van der Waals surface area contributed by atoms with Crippen LogP contribution in [0, 0.1) is 0 Å². The molecule has 0 saturated heterocycles. The largest absolute Gasteiger partial charge is 0.497 e. The predicted molar refractivity (Wildman–Crippen MR) is 84.0 cm³/mol. The number of methoxy groups -OCH3 is 1. The maximum absolute atomic E-state index is 10.5. The van der Waals surface area contributed by atoms with Crippen molar-refractivity contribution in [2.45, 2.75) is 44.1 Å². The van der Waals surface area contributed by atoms with E-state index in [-0.39, 0.29) is 0 Å². The minimum atomic E-state index is -0.517. The van der Waals surface area contributed by atoms with E-state index in [1.807, 2.05) is 24.3 Å². The molecule has 0 bridgehead atoms. The first-order valence-corrected chi connectivity index (χ1v) is 7.92. The predicted octanol–water partition coefficient (Wildman–Crippen LogP) is 2.75. The van der Waals surface area contributed by atoms with Crippen molar-refractivity contribution in [2.75, 3.05) is 26.8 Å². The van der Waals surface area contributed by atoms with Crippen LogP contribution in [0.5, 0.6) is 11.5 Å². The van der Waals surface area contributed by atoms with Gasteiger partial charge in [-0.2, -0.15) is 0 Å². The number of ether oxygens (including phenoxy) is 2. The molecule has 2 rings (SSSR count). The molecular weight excluding hydrogens is 266 g/mol. The number of rotatable bonds is 7. The lowest BCUT2D eigenvalue weighted by molar-refractivity contribution is 0.0248. The third-order valence-corrected chi connectivity index (χ3v) is 4.10. The Morgan fingerprint density at radius 1 is 1.05 bits per heavy atom. The molecule has 1 aliphatic carbocycles. The Morgan fingerprint density at radius 2 is 1.67 bits per heavy atom. The van der Waals surface area contributed by atoms with Crippen LogP contribution in [-0.4, -0.2) is 37.5 Å². The van der Waals surface area contributed by atoms with E-state index in [0.29, 0.717) is 13.2 Å². The number of benzene rings is 1. The Morgan fingerprint density at radius 3 is 2.29 bits per heavy atom. The zero-order chi connectivity index (χ0) is 15.0. The monoisotopic (exact) mass is 293 g/mol. The fraction of sp³-hybridized carbons (Fsp3) is 0.647. The molecule has 1 saturated carbocycles. The van der Waals surface area contributed by atoms with Gasteiger partial charge in [-0.1, -0.05) is 25.7 Å². The summed E-state index contributed by atoms with van der Waals surface area (Å²) in [6.45, 7) is 2.01. The highest BCUT2D eigenvalue weighted by molar-refractivity contribution is 5.31. The summed E-state index contributed by atoms with van der Waals surface area (Å²) < 4.78 is 10.8. The van der Waals surface area contributed by atoms with Gasteiger partial charge < -0.3 is 19.9 Å². The van der Waals surface area contributed by atoms with Gasteiger partial charge in [0.25, 0.3) is 0 Å². The molecule has 118 valence electrons. The summed E-state index contributed by atoms with van der Waals surface area (Å²) in [4.78, 5) is 0. The maximum atomic E-state index is 10.5. The van der Waals surface area contributed by atoms with Crippen LogP contribution in [0.1, 0.15) is 38.5 Å². The Kier molecular flexibility index (Phi) is 6.33. The van der Waals surface area contributed by atoms with Gasteiger partial charge >= 0.3 is 0 Å². The Labute approximate surface area is 127 Å². The molecule has 1 fully saturated rings. The zero-order valence-electron chi connectivity index (χ0n) is 12.9. The topological polar surface area (TPSA) is 50.7 Å². The van der Waals surface area contributed by atoms with E-state index >= 15 is 0 Å². The third-order valence-electron chi connectivity index (χ3n) is 4.10. The molecule has 0 heterocycles. The Hall–Kier alpha value is -1.26. The first-order chi connectivity index (χ1) is 10.2. The molecule has 4 heteroatoms. The molecule has 1 aromatic rings. The lowest BCUT2D eigenvalue weighted by Crippen LogP contribution is -2.41. The van der Waals surface area contributed by atoms with Gasteiger partial charge in [-0.3, -0.25) is 0 Å². The molecule has 0 unspecified atom stereocenters. The minimum Gasteiger partial charge on any atom is -0.497 e. The third kappa shape index (κ3) is 5.56. The van der Waals surface area contributed by atoms with Crippen LogP contribution >= 0.6 is 0 Å². The van der Waals surface area contributed by atoms with Crippen LogP contribution in [0.25, 0.3) is 0 Å². The van der Waals surface area contributed by atoms with Crippen LogP contribution in [-0.2, 0) is 0 Å². The van der Waals surface area contributed by atoms with E-state index in [1.54, 1.807) is 7.11 Å². The summed E-state index contributed by atoms with van der Waals surface area (Å²) in [7, 11) is 1.65. The smallest absolute Gasteiger partial charge is 0.119 e. The van der Waals surface area contributed by atoms with Gasteiger partial charge in [0.1, 0.15) is 18.1 Å². The van der Waals surface area contributed by atoms with Crippen molar-refractivity contribution < 1.29 is 14.6 Å². The number of nitrogens with one attached hydrogen (secondary N) is 1. The van der Waals surface area contributed by atoms with Crippen molar-refractivity contribution in [3.63, 3.8) is 0 Å². The summed E-state index contributed by atoms with van der Waals surface area (Å²) in [5.41, 5.74) is -0.517. The summed E-state index contributed by atoms with van der Waals surface area (Å²) in [5, 5.41) is 13.8. The summed E-state index contributed by atoms with van der Waals surface area (Å²) >= 11 is 0. The highest BCUT2D eigenvalue weighted by Gasteiger charge is 2.27. The highest BCUT2D eigenvalue weighted by Crippen LogP contribution is 2.26. The average molecular weight is 293 g/mol. The minimum absolute atomic E-state index is 0.517. The van der Waals surface area contributed by atoms with E-state index < -0.39 is 5.60 Å². The Balaban J connectivity index is 1.62. The van der Waals surface area contributed by atoms with Gasteiger partial charge in [0.2, 0.25) is 0 Å². The van der Waals surface area contributed by atoms with Crippen molar-refractivity contribution in [3.05, 3.63) is 24.3 Å². The van der Waals surface area contributed by atoms with E-state index in [1.165, 1.54) is 12.8 Å². The van der Waals surface area contributed by atoms with Crippen molar-refractivity contribution >= 4 is 0 Å². The van der Waals surface area contributed by atoms with Crippen molar-refractivity contribution in [2.24, 2.45) is 0 Å². The molecule has 21 heavy (non-hydrogen) atoms. The molecule has 0 spiro atoms. The SMILES string of the molecule is COc1ccc(OCCNCC2(O)CCCCCC2)cc1. The van der Waals surface area contributed by atoms with Gasteiger partial charge in [-0.15, -0.1) is 0 Å². The van der Waals surface area contributed by atoms with Crippen LogP contribution in [0.3, 0.4) is 0 Å². The first-order valence-electron chi connectivity index (χ1n) is 7.92. The molecule has 0 radical (unpaired) electrons. The fourth-order valence-corrected chi connectivity index (χ4v) is 2.80. The average Bonchev–Trinajstić information content (AvgIpc) is 2.73. The maximum Gasteiger partial charge on any atom is 0.119 e. The van der Waals surface area contributed by atoms with Gasteiger partial charge in [0, 0.05) is 13.1 Å². The first kappa shape index (κ1) is 16.1. The van der Waals surface area contributed by atoms with Crippen LogP contribution in [0.2, 0.25) is 0 Å². The van der Waals surface area contributed by atoms with E-state index in [2.05, 4.69) is 5.32 Å². The standard InChI is InChI=1S/C17H27NO3/c1-20-15-6-8-16(9-7-15)21-13-12-18-14-17(19)10-4-2-3-5-11-17/h6-9,18-19H,2-5,10-14H2,1H3.